The Labute approximate surface area is 97.1 Å². The molecular weight excluding hydrogens is 231 g/mol. The fraction of sp³-hybridized carbons (Fsp3) is 0.182. The fourth-order valence-corrected chi connectivity index (χ4v) is 1.55. The van der Waals surface area contributed by atoms with Gasteiger partial charge >= 0.3 is 0 Å². The molecular formula is C11H10ClFN2O. The van der Waals surface area contributed by atoms with Crippen LogP contribution in [0.2, 0.25) is 5.02 Å². The van der Waals surface area contributed by atoms with Gasteiger partial charge in [0.2, 0.25) is 0 Å². The molecule has 0 saturated heterocycles. The van der Waals surface area contributed by atoms with Crippen LogP contribution in [-0.4, -0.2) is 14.9 Å². The van der Waals surface area contributed by atoms with Crippen molar-refractivity contribution in [2.75, 3.05) is 0 Å². The molecule has 2 rings (SSSR count). The van der Waals surface area contributed by atoms with Gasteiger partial charge in [0.25, 0.3) is 0 Å². The molecule has 1 atom stereocenters. The Morgan fingerprint density at radius 3 is 2.75 bits per heavy atom. The van der Waals surface area contributed by atoms with Gasteiger partial charge in [-0.1, -0.05) is 17.7 Å². The summed E-state index contributed by atoms with van der Waals surface area (Å²) in [5.74, 6) is -0.547. The zero-order valence-corrected chi connectivity index (χ0v) is 9.32. The van der Waals surface area contributed by atoms with E-state index in [1.807, 2.05) is 0 Å². The standard InChI is InChI=1S/C11H10ClFN2O/c1-15-5-4-10(14-15)11(16)7-2-3-8(12)9(13)6-7/h2-6,11,16H,1H3. The van der Waals surface area contributed by atoms with E-state index in [0.29, 0.717) is 11.3 Å². The van der Waals surface area contributed by atoms with E-state index in [-0.39, 0.29) is 5.02 Å². The van der Waals surface area contributed by atoms with E-state index in [1.165, 1.54) is 12.1 Å². The number of halogens is 2. The molecule has 0 aliphatic heterocycles. The quantitative estimate of drug-likeness (QED) is 0.875. The van der Waals surface area contributed by atoms with Gasteiger partial charge in [-0.2, -0.15) is 5.10 Å². The highest BCUT2D eigenvalue weighted by molar-refractivity contribution is 6.30. The van der Waals surface area contributed by atoms with Crippen LogP contribution in [-0.2, 0) is 7.05 Å². The lowest BCUT2D eigenvalue weighted by Gasteiger charge is -2.08. The normalized spacial score (nSPS) is 12.8. The molecule has 1 unspecified atom stereocenters. The zero-order chi connectivity index (χ0) is 11.7. The SMILES string of the molecule is Cn1ccc(C(O)c2ccc(Cl)c(F)c2)n1. The van der Waals surface area contributed by atoms with Crippen molar-refractivity contribution in [1.82, 2.24) is 9.78 Å². The number of hydrogen-bond donors (Lipinski definition) is 1. The molecule has 1 heterocycles. The second-order valence-corrected chi connectivity index (χ2v) is 3.90. The number of rotatable bonds is 2. The minimum absolute atomic E-state index is 0.0389. The molecule has 84 valence electrons. The van der Waals surface area contributed by atoms with Crippen LogP contribution in [0.5, 0.6) is 0 Å². The second-order valence-electron chi connectivity index (χ2n) is 3.49. The van der Waals surface area contributed by atoms with Gasteiger partial charge in [-0.15, -0.1) is 0 Å². The summed E-state index contributed by atoms with van der Waals surface area (Å²) in [6.07, 6.45) is 0.776. The Morgan fingerprint density at radius 2 is 2.19 bits per heavy atom. The van der Waals surface area contributed by atoms with Crippen molar-refractivity contribution >= 4 is 11.6 Å². The third-order valence-electron chi connectivity index (χ3n) is 2.27. The van der Waals surface area contributed by atoms with Crippen molar-refractivity contribution in [2.24, 2.45) is 7.05 Å². The molecule has 0 fully saturated rings. The Balaban J connectivity index is 2.33. The number of benzene rings is 1. The molecule has 1 N–H and O–H groups in total. The maximum atomic E-state index is 13.2. The summed E-state index contributed by atoms with van der Waals surface area (Å²) in [6.45, 7) is 0. The smallest absolute Gasteiger partial charge is 0.142 e. The molecule has 0 aliphatic carbocycles. The number of hydrogen-bond acceptors (Lipinski definition) is 2. The summed E-state index contributed by atoms with van der Waals surface area (Å²) in [5, 5.41) is 14.0. The number of aliphatic hydroxyl groups is 1. The zero-order valence-electron chi connectivity index (χ0n) is 8.56. The fourth-order valence-electron chi connectivity index (χ4n) is 1.43. The highest BCUT2D eigenvalue weighted by atomic mass is 35.5. The summed E-state index contributed by atoms with van der Waals surface area (Å²) < 4.78 is 14.8. The number of nitrogens with zero attached hydrogens (tertiary/aromatic N) is 2. The second kappa shape index (κ2) is 4.23. The number of aromatic nitrogens is 2. The van der Waals surface area contributed by atoms with E-state index in [1.54, 1.807) is 30.1 Å². The molecule has 0 amide bonds. The van der Waals surface area contributed by atoms with Gasteiger partial charge in [0, 0.05) is 13.2 Å². The highest BCUT2D eigenvalue weighted by Gasteiger charge is 2.14. The molecule has 3 nitrogen and oxygen atoms in total. The minimum atomic E-state index is -0.937. The Kier molecular flexibility index (Phi) is 2.94. The molecule has 0 bridgehead atoms. The highest BCUT2D eigenvalue weighted by Crippen LogP contribution is 2.24. The van der Waals surface area contributed by atoms with E-state index in [2.05, 4.69) is 5.10 Å². The van der Waals surface area contributed by atoms with Gasteiger partial charge in [0.05, 0.1) is 10.7 Å². The van der Waals surface area contributed by atoms with Crippen LogP contribution >= 0.6 is 11.6 Å². The van der Waals surface area contributed by atoms with Gasteiger partial charge in [0.15, 0.2) is 0 Å². The van der Waals surface area contributed by atoms with Crippen LogP contribution < -0.4 is 0 Å². The van der Waals surface area contributed by atoms with Crippen molar-refractivity contribution < 1.29 is 9.50 Å². The van der Waals surface area contributed by atoms with Crippen molar-refractivity contribution in [3.8, 4) is 0 Å². The topological polar surface area (TPSA) is 38.0 Å². The summed E-state index contributed by atoms with van der Waals surface area (Å²) in [7, 11) is 1.75. The van der Waals surface area contributed by atoms with Gasteiger partial charge < -0.3 is 5.11 Å². The summed E-state index contributed by atoms with van der Waals surface area (Å²) in [6, 6.07) is 5.88. The van der Waals surface area contributed by atoms with Crippen LogP contribution in [0, 0.1) is 5.82 Å². The Bertz CT molecular complexity index is 512. The van der Waals surface area contributed by atoms with E-state index in [0.717, 1.165) is 0 Å². The lowest BCUT2D eigenvalue weighted by molar-refractivity contribution is 0.214. The Hall–Kier alpha value is -1.39. The average molecular weight is 241 g/mol. The molecule has 0 spiro atoms. The lowest BCUT2D eigenvalue weighted by Crippen LogP contribution is -2.02. The molecule has 1 aromatic heterocycles. The van der Waals surface area contributed by atoms with Crippen LogP contribution in [0.15, 0.2) is 30.5 Å². The van der Waals surface area contributed by atoms with E-state index in [9.17, 15) is 9.50 Å². The molecule has 16 heavy (non-hydrogen) atoms. The third-order valence-corrected chi connectivity index (χ3v) is 2.58. The molecule has 1 aromatic carbocycles. The largest absolute Gasteiger partial charge is 0.382 e. The van der Waals surface area contributed by atoms with Crippen molar-refractivity contribution in [1.29, 1.82) is 0 Å². The molecule has 2 aromatic rings. The predicted octanol–water partition coefficient (Wildman–Crippen LogP) is 2.29. The molecule has 0 radical (unpaired) electrons. The van der Waals surface area contributed by atoms with Crippen LogP contribution in [0.3, 0.4) is 0 Å². The lowest BCUT2D eigenvalue weighted by atomic mass is 10.1. The monoisotopic (exact) mass is 240 g/mol. The third kappa shape index (κ3) is 2.08. The van der Waals surface area contributed by atoms with Crippen LogP contribution in [0.1, 0.15) is 17.4 Å². The van der Waals surface area contributed by atoms with Gasteiger partial charge in [-0.25, -0.2) is 4.39 Å². The van der Waals surface area contributed by atoms with Gasteiger partial charge in [-0.05, 0) is 23.8 Å². The van der Waals surface area contributed by atoms with E-state index >= 15 is 0 Å². The molecule has 0 aliphatic rings. The maximum Gasteiger partial charge on any atom is 0.142 e. The summed E-state index contributed by atoms with van der Waals surface area (Å²) >= 11 is 5.56. The number of aliphatic hydroxyl groups excluding tert-OH is 1. The van der Waals surface area contributed by atoms with Gasteiger partial charge in [0.1, 0.15) is 11.9 Å². The van der Waals surface area contributed by atoms with E-state index in [4.69, 9.17) is 11.6 Å². The first-order valence-corrected chi connectivity index (χ1v) is 5.08. The van der Waals surface area contributed by atoms with Crippen molar-refractivity contribution in [3.05, 3.63) is 52.6 Å². The molecule has 0 saturated carbocycles. The van der Waals surface area contributed by atoms with E-state index < -0.39 is 11.9 Å². The van der Waals surface area contributed by atoms with Crippen molar-refractivity contribution in [2.45, 2.75) is 6.10 Å². The summed E-state index contributed by atoms with van der Waals surface area (Å²) in [4.78, 5) is 0. The minimum Gasteiger partial charge on any atom is -0.382 e. The first-order valence-electron chi connectivity index (χ1n) is 4.70. The van der Waals surface area contributed by atoms with Gasteiger partial charge in [-0.3, -0.25) is 4.68 Å². The first kappa shape index (κ1) is 11.1. The number of aryl methyl sites for hydroxylation is 1. The molecule has 5 heteroatoms. The van der Waals surface area contributed by atoms with Crippen LogP contribution in [0.4, 0.5) is 4.39 Å². The maximum absolute atomic E-state index is 13.2. The average Bonchev–Trinajstić information content (AvgIpc) is 2.68. The van der Waals surface area contributed by atoms with Crippen molar-refractivity contribution in [3.63, 3.8) is 0 Å². The summed E-state index contributed by atoms with van der Waals surface area (Å²) in [5.41, 5.74) is 0.907. The Morgan fingerprint density at radius 1 is 1.44 bits per heavy atom. The predicted molar refractivity (Wildman–Crippen MR) is 58.7 cm³/mol. The van der Waals surface area contributed by atoms with Crippen LogP contribution in [0.25, 0.3) is 0 Å². The first-order chi connectivity index (χ1) is 7.58.